The SMILES string of the molecule is COc1ccc(C(Sc2ccccc2N)C(O)C(=O)O)cc1. The molecule has 0 amide bonds. The van der Waals surface area contributed by atoms with Crippen LogP contribution in [0.2, 0.25) is 0 Å². The number of hydrogen-bond acceptors (Lipinski definition) is 5. The Balaban J connectivity index is 2.33. The second-order valence-corrected chi connectivity index (χ2v) is 5.82. The maximum Gasteiger partial charge on any atom is 0.334 e. The molecule has 0 aliphatic heterocycles. The van der Waals surface area contributed by atoms with Crippen LogP contribution < -0.4 is 10.5 Å². The number of hydrogen-bond donors (Lipinski definition) is 3. The summed E-state index contributed by atoms with van der Waals surface area (Å²) in [6, 6.07) is 14.1. The van der Waals surface area contributed by atoms with Gasteiger partial charge in [0.05, 0.1) is 12.4 Å². The Morgan fingerprint density at radius 1 is 1.18 bits per heavy atom. The normalized spacial score (nSPS) is 13.4. The predicted octanol–water partition coefficient (Wildman–Crippen LogP) is 2.56. The number of rotatable bonds is 6. The van der Waals surface area contributed by atoms with Crippen LogP contribution in [0.4, 0.5) is 5.69 Å². The van der Waals surface area contributed by atoms with Gasteiger partial charge >= 0.3 is 5.97 Å². The van der Waals surface area contributed by atoms with Crippen molar-refractivity contribution >= 4 is 23.4 Å². The minimum atomic E-state index is -1.54. The van der Waals surface area contributed by atoms with Crippen LogP contribution in [0.3, 0.4) is 0 Å². The number of carbonyl (C=O) groups is 1. The van der Waals surface area contributed by atoms with E-state index in [9.17, 15) is 9.90 Å². The minimum Gasteiger partial charge on any atom is -0.497 e. The number of benzene rings is 2. The molecule has 0 saturated carbocycles. The van der Waals surface area contributed by atoms with Gasteiger partial charge in [0, 0.05) is 10.6 Å². The van der Waals surface area contributed by atoms with Crippen molar-refractivity contribution in [1.82, 2.24) is 0 Å². The van der Waals surface area contributed by atoms with Crippen molar-refractivity contribution in [1.29, 1.82) is 0 Å². The van der Waals surface area contributed by atoms with Crippen molar-refractivity contribution in [3.8, 4) is 5.75 Å². The van der Waals surface area contributed by atoms with E-state index >= 15 is 0 Å². The summed E-state index contributed by atoms with van der Waals surface area (Å²) in [6.45, 7) is 0. The van der Waals surface area contributed by atoms with Gasteiger partial charge in [-0.15, -0.1) is 11.8 Å². The van der Waals surface area contributed by atoms with Gasteiger partial charge in [-0.05, 0) is 29.8 Å². The van der Waals surface area contributed by atoms with Crippen molar-refractivity contribution in [2.24, 2.45) is 0 Å². The lowest BCUT2D eigenvalue weighted by Gasteiger charge is -2.21. The molecular formula is C16H17NO4S. The minimum absolute atomic E-state index is 0.545. The van der Waals surface area contributed by atoms with E-state index in [4.69, 9.17) is 15.6 Å². The van der Waals surface area contributed by atoms with Crippen molar-refractivity contribution in [2.45, 2.75) is 16.2 Å². The number of aliphatic carboxylic acids is 1. The molecule has 0 bridgehead atoms. The summed E-state index contributed by atoms with van der Waals surface area (Å²) >= 11 is 1.22. The first-order chi connectivity index (χ1) is 10.5. The zero-order chi connectivity index (χ0) is 16.1. The third kappa shape index (κ3) is 3.72. The number of ether oxygens (including phenoxy) is 1. The highest BCUT2D eigenvalue weighted by molar-refractivity contribution is 7.99. The number of aliphatic hydroxyl groups is 1. The van der Waals surface area contributed by atoms with Crippen LogP contribution in [0.5, 0.6) is 5.75 Å². The number of thioether (sulfide) groups is 1. The molecule has 0 aliphatic rings. The maximum atomic E-state index is 11.2. The lowest BCUT2D eigenvalue weighted by atomic mass is 10.1. The van der Waals surface area contributed by atoms with Crippen LogP contribution in [0.25, 0.3) is 0 Å². The van der Waals surface area contributed by atoms with Crippen molar-refractivity contribution in [2.75, 3.05) is 12.8 Å². The van der Waals surface area contributed by atoms with Gasteiger partial charge in [-0.3, -0.25) is 0 Å². The third-order valence-electron chi connectivity index (χ3n) is 3.16. The molecule has 2 rings (SSSR count). The van der Waals surface area contributed by atoms with Crippen LogP contribution in [0.1, 0.15) is 10.8 Å². The Labute approximate surface area is 132 Å². The van der Waals surface area contributed by atoms with Gasteiger partial charge in [0.15, 0.2) is 6.10 Å². The summed E-state index contributed by atoms with van der Waals surface area (Å²) in [5.74, 6) is -0.612. The van der Waals surface area contributed by atoms with Gasteiger partial charge in [0.1, 0.15) is 5.75 Å². The summed E-state index contributed by atoms with van der Waals surface area (Å²) < 4.78 is 5.09. The first kappa shape index (κ1) is 16.2. The van der Waals surface area contributed by atoms with Crippen molar-refractivity contribution < 1.29 is 19.7 Å². The second kappa shape index (κ2) is 7.20. The van der Waals surface area contributed by atoms with Crippen LogP contribution in [0, 0.1) is 0 Å². The second-order valence-electron chi connectivity index (χ2n) is 4.63. The molecule has 2 aromatic carbocycles. The fraction of sp³-hybridized carbons (Fsp3) is 0.188. The van der Waals surface area contributed by atoms with Gasteiger partial charge in [0.2, 0.25) is 0 Å². The topological polar surface area (TPSA) is 92.8 Å². The largest absolute Gasteiger partial charge is 0.497 e. The van der Waals surface area contributed by atoms with E-state index in [1.54, 1.807) is 49.6 Å². The third-order valence-corrected chi connectivity index (χ3v) is 4.57. The summed E-state index contributed by atoms with van der Waals surface area (Å²) in [5.41, 5.74) is 7.13. The molecule has 0 aromatic heterocycles. The molecule has 116 valence electrons. The lowest BCUT2D eigenvalue weighted by molar-refractivity contribution is -0.146. The van der Waals surface area contributed by atoms with E-state index in [0.29, 0.717) is 17.0 Å². The van der Waals surface area contributed by atoms with E-state index in [1.807, 2.05) is 6.07 Å². The smallest absolute Gasteiger partial charge is 0.334 e. The fourth-order valence-electron chi connectivity index (χ4n) is 1.96. The zero-order valence-corrected chi connectivity index (χ0v) is 12.8. The summed E-state index contributed by atoms with van der Waals surface area (Å²) in [7, 11) is 1.55. The first-order valence-corrected chi connectivity index (χ1v) is 7.47. The number of carboxylic acid groups (broad SMARTS) is 1. The molecule has 0 fully saturated rings. The van der Waals surface area contributed by atoms with E-state index in [2.05, 4.69) is 0 Å². The molecule has 22 heavy (non-hydrogen) atoms. The number of carboxylic acids is 1. The number of nitrogen functional groups attached to an aromatic ring is 1. The van der Waals surface area contributed by atoms with Gasteiger partial charge in [-0.25, -0.2) is 4.79 Å². The average Bonchev–Trinajstić information content (AvgIpc) is 2.53. The molecule has 2 unspecified atom stereocenters. The van der Waals surface area contributed by atoms with E-state index in [1.165, 1.54) is 11.8 Å². The zero-order valence-electron chi connectivity index (χ0n) is 12.0. The van der Waals surface area contributed by atoms with Gasteiger partial charge in [-0.1, -0.05) is 24.3 Å². The number of methoxy groups -OCH3 is 1. The predicted molar refractivity (Wildman–Crippen MR) is 86.1 cm³/mol. The molecule has 0 heterocycles. The molecule has 6 heteroatoms. The van der Waals surface area contributed by atoms with Gasteiger partial charge < -0.3 is 20.7 Å². The Hall–Kier alpha value is -2.18. The number of anilines is 1. The van der Waals surface area contributed by atoms with Gasteiger partial charge in [-0.2, -0.15) is 0 Å². The highest BCUT2D eigenvalue weighted by Gasteiger charge is 2.28. The van der Waals surface area contributed by atoms with E-state index in [-0.39, 0.29) is 0 Å². The Morgan fingerprint density at radius 3 is 2.36 bits per heavy atom. The number of aliphatic hydroxyl groups excluding tert-OH is 1. The molecule has 0 spiro atoms. The maximum absolute atomic E-state index is 11.2. The molecule has 2 aromatic rings. The summed E-state index contributed by atoms with van der Waals surface area (Å²) in [4.78, 5) is 11.9. The van der Waals surface area contributed by atoms with Crippen LogP contribution in [0.15, 0.2) is 53.4 Å². The first-order valence-electron chi connectivity index (χ1n) is 6.59. The number of nitrogens with two attached hydrogens (primary N) is 1. The highest BCUT2D eigenvalue weighted by Crippen LogP contribution is 2.40. The summed E-state index contributed by atoms with van der Waals surface area (Å²) in [6.07, 6.45) is -1.54. The quantitative estimate of drug-likeness (QED) is 0.560. The standard InChI is InChI=1S/C16H17NO4S/c1-21-11-8-6-10(7-9-11)15(14(18)16(19)20)22-13-5-3-2-4-12(13)17/h2-9,14-15,18H,17H2,1H3,(H,19,20). The molecule has 5 nitrogen and oxygen atoms in total. The van der Waals surface area contributed by atoms with E-state index in [0.717, 1.165) is 4.90 Å². The molecular weight excluding hydrogens is 302 g/mol. The molecule has 4 N–H and O–H groups in total. The number of para-hydroxylation sites is 1. The van der Waals surface area contributed by atoms with Crippen molar-refractivity contribution in [3.05, 3.63) is 54.1 Å². The van der Waals surface area contributed by atoms with Crippen molar-refractivity contribution in [3.63, 3.8) is 0 Å². The Bertz CT molecular complexity index is 645. The Kier molecular flexibility index (Phi) is 5.30. The fourth-order valence-corrected chi connectivity index (χ4v) is 3.14. The Morgan fingerprint density at radius 2 is 1.82 bits per heavy atom. The average molecular weight is 319 g/mol. The van der Waals surface area contributed by atoms with Crippen LogP contribution in [-0.4, -0.2) is 29.4 Å². The van der Waals surface area contributed by atoms with Crippen LogP contribution >= 0.6 is 11.8 Å². The molecule has 0 aliphatic carbocycles. The molecule has 2 atom stereocenters. The monoisotopic (exact) mass is 319 g/mol. The van der Waals surface area contributed by atoms with E-state index < -0.39 is 17.3 Å². The van der Waals surface area contributed by atoms with Crippen LogP contribution in [-0.2, 0) is 4.79 Å². The highest BCUT2D eigenvalue weighted by atomic mass is 32.2. The lowest BCUT2D eigenvalue weighted by Crippen LogP contribution is -2.26. The summed E-state index contributed by atoms with van der Waals surface area (Å²) in [5, 5.41) is 18.5. The molecule has 0 radical (unpaired) electrons. The van der Waals surface area contributed by atoms with Gasteiger partial charge in [0.25, 0.3) is 0 Å². The molecule has 0 saturated heterocycles.